The maximum atomic E-state index is 12.5. The number of ketones is 1. The average Bonchev–Trinajstić information content (AvgIpc) is 3.21. The van der Waals surface area contributed by atoms with E-state index in [0.29, 0.717) is 23.2 Å². The summed E-state index contributed by atoms with van der Waals surface area (Å²) in [6, 6.07) is 13.6. The SMILES string of the molecule is CC(=O)NCCCc1ccc(C(=O)CSc2nnc(-c3ccc(C)c(C)c3)o2)cc1. The molecule has 1 aromatic heterocycles. The van der Waals surface area contributed by atoms with Gasteiger partial charge in [-0.3, -0.25) is 9.59 Å². The van der Waals surface area contributed by atoms with Gasteiger partial charge in [-0.05, 0) is 55.5 Å². The summed E-state index contributed by atoms with van der Waals surface area (Å²) in [5.74, 6) is 0.680. The summed E-state index contributed by atoms with van der Waals surface area (Å²) < 4.78 is 5.70. The average molecular weight is 424 g/mol. The van der Waals surface area contributed by atoms with Gasteiger partial charge in [-0.1, -0.05) is 42.1 Å². The molecular weight excluding hydrogens is 398 g/mol. The zero-order valence-corrected chi connectivity index (χ0v) is 18.2. The molecule has 0 aliphatic heterocycles. The van der Waals surface area contributed by atoms with Crippen LogP contribution in [0.25, 0.3) is 11.5 Å². The third kappa shape index (κ3) is 6.03. The van der Waals surface area contributed by atoms with Crippen molar-refractivity contribution in [2.45, 2.75) is 38.8 Å². The van der Waals surface area contributed by atoms with Gasteiger partial charge in [0.05, 0.1) is 5.75 Å². The summed E-state index contributed by atoms with van der Waals surface area (Å²) in [6.07, 6.45) is 1.72. The molecule has 0 unspecified atom stereocenters. The molecule has 156 valence electrons. The fraction of sp³-hybridized carbons (Fsp3) is 0.304. The number of nitrogens with one attached hydrogen (secondary N) is 1. The van der Waals surface area contributed by atoms with Crippen molar-refractivity contribution in [2.75, 3.05) is 12.3 Å². The Kier molecular flexibility index (Phi) is 7.41. The highest BCUT2D eigenvalue weighted by Gasteiger charge is 2.13. The Morgan fingerprint density at radius 2 is 1.80 bits per heavy atom. The van der Waals surface area contributed by atoms with Crippen LogP contribution in [0.5, 0.6) is 0 Å². The fourth-order valence-corrected chi connectivity index (χ4v) is 3.54. The second-order valence-corrected chi connectivity index (χ2v) is 8.09. The third-order valence-corrected chi connectivity index (χ3v) is 5.60. The molecule has 0 saturated carbocycles. The largest absolute Gasteiger partial charge is 0.411 e. The molecule has 1 amide bonds. The smallest absolute Gasteiger partial charge is 0.277 e. The maximum Gasteiger partial charge on any atom is 0.277 e. The second kappa shape index (κ2) is 10.2. The zero-order valence-electron chi connectivity index (χ0n) is 17.4. The molecular formula is C23H25N3O3S. The van der Waals surface area contributed by atoms with E-state index in [1.54, 1.807) is 0 Å². The number of carbonyl (C=O) groups excluding carboxylic acids is 2. The number of benzene rings is 2. The van der Waals surface area contributed by atoms with Crippen molar-refractivity contribution in [1.29, 1.82) is 0 Å². The van der Waals surface area contributed by atoms with Gasteiger partial charge in [0, 0.05) is 24.6 Å². The maximum absolute atomic E-state index is 12.5. The van der Waals surface area contributed by atoms with Crippen molar-refractivity contribution in [3.63, 3.8) is 0 Å². The molecule has 1 N–H and O–H groups in total. The lowest BCUT2D eigenvalue weighted by molar-refractivity contribution is -0.118. The van der Waals surface area contributed by atoms with E-state index >= 15 is 0 Å². The highest BCUT2D eigenvalue weighted by molar-refractivity contribution is 7.99. The van der Waals surface area contributed by atoms with E-state index in [0.717, 1.165) is 29.5 Å². The Hall–Kier alpha value is -2.93. The first-order valence-electron chi connectivity index (χ1n) is 9.83. The number of hydrogen-bond acceptors (Lipinski definition) is 6. The molecule has 0 fully saturated rings. The van der Waals surface area contributed by atoms with Crippen LogP contribution in [0.3, 0.4) is 0 Å². The molecule has 0 spiro atoms. The molecule has 0 bridgehead atoms. The minimum Gasteiger partial charge on any atom is -0.411 e. The topological polar surface area (TPSA) is 85.1 Å². The van der Waals surface area contributed by atoms with E-state index in [1.807, 2.05) is 49.4 Å². The predicted octanol–water partition coefficient (Wildman–Crippen LogP) is 4.40. The van der Waals surface area contributed by atoms with Crippen LogP contribution in [0.2, 0.25) is 0 Å². The summed E-state index contributed by atoms with van der Waals surface area (Å²) >= 11 is 1.24. The number of aryl methyl sites for hydroxylation is 3. The van der Waals surface area contributed by atoms with E-state index in [2.05, 4.69) is 22.4 Å². The van der Waals surface area contributed by atoms with E-state index in [9.17, 15) is 9.59 Å². The number of aromatic nitrogens is 2. The van der Waals surface area contributed by atoms with Gasteiger partial charge >= 0.3 is 0 Å². The first-order valence-corrected chi connectivity index (χ1v) is 10.8. The molecule has 7 heteroatoms. The Bertz CT molecular complexity index is 1030. The normalized spacial score (nSPS) is 10.8. The molecule has 1 heterocycles. The molecule has 30 heavy (non-hydrogen) atoms. The van der Waals surface area contributed by atoms with Crippen molar-refractivity contribution in [1.82, 2.24) is 15.5 Å². The highest BCUT2D eigenvalue weighted by atomic mass is 32.2. The second-order valence-electron chi connectivity index (χ2n) is 7.17. The third-order valence-electron chi connectivity index (χ3n) is 4.78. The molecule has 2 aromatic carbocycles. The Morgan fingerprint density at radius 3 is 2.50 bits per heavy atom. The quantitative estimate of drug-likeness (QED) is 0.312. The summed E-state index contributed by atoms with van der Waals surface area (Å²) in [6.45, 7) is 6.26. The Morgan fingerprint density at radius 1 is 1.03 bits per heavy atom. The van der Waals surface area contributed by atoms with Crippen LogP contribution in [-0.4, -0.2) is 34.2 Å². The van der Waals surface area contributed by atoms with Crippen LogP contribution in [-0.2, 0) is 11.2 Å². The highest BCUT2D eigenvalue weighted by Crippen LogP contribution is 2.25. The van der Waals surface area contributed by atoms with Gasteiger partial charge in [0.15, 0.2) is 5.78 Å². The van der Waals surface area contributed by atoms with Gasteiger partial charge in [0.2, 0.25) is 11.8 Å². The lowest BCUT2D eigenvalue weighted by atomic mass is 10.1. The number of rotatable bonds is 9. The van der Waals surface area contributed by atoms with Gasteiger partial charge in [-0.2, -0.15) is 0 Å². The molecule has 3 rings (SSSR count). The van der Waals surface area contributed by atoms with E-state index < -0.39 is 0 Å². The lowest BCUT2D eigenvalue weighted by Crippen LogP contribution is -2.21. The number of Topliss-reactive ketones (excluding diaryl/α,β-unsaturated/α-hetero) is 1. The van der Waals surface area contributed by atoms with Crippen molar-refractivity contribution >= 4 is 23.5 Å². The molecule has 0 saturated heterocycles. The summed E-state index contributed by atoms with van der Waals surface area (Å²) in [7, 11) is 0. The van der Waals surface area contributed by atoms with Crippen molar-refractivity contribution < 1.29 is 14.0 Å². The Labute approximate surface area is 180 Å². The summed E-state index contributed by atoms with van der Waals surface area (Å²) in [5, 5.41) is 11.3. The van der Waals surface area contributed by atoms with E-state index in [1.165, 1.54) is 24.2 Å². The minimum absolute atomic E-state index is 0.00993. The van der Waals surface area contributed by atoms with Gasteiger partial charge in [-0.15, -0.1) is 10.2 Å². The number of amides is 1. The zero-order chi connectivity index (χ0) is 21.5. The predicted molar refractivity (Wildman–Crippen MR) is 118 cm³/mol. The number of hydrogen-bond donors (Lipinski definition) is 1. The van der Waals surface area contributed by atoms with Crippen LogP contribution in [0.4, 0.5) is 0 Å². The molecule has 3 aromatic rings. The van der Waals surface area contributed by atoms with Gasteiger partial charge in [0.1, 0.15) is 0 Å². The minimum atomic E-state index is -0.0178. The van der Waals surface area contributed by atoms with Gasteiger partial charge in [-0.25, -0.2) is 0 Å². The summed E-state index contributed by atoms with van der Waals surface area (Å²) in [4.78, 5) is 23.3. The molecule has 0 atom stereocenters. The molecule has 0 aliphatic rings. The lowest BCUT2D eigenvalue weighted by Gasteiger charge is -2.04. The van der Waals surface area contributed by atoms with E-state index in [-0.39, 0.29) is 17.4 Å². The number of thioether (sulfide) groups is 1. The monoisotopic (exact) mass is 423 g/mol. The van der Waals surface area contributed by atoms with Crippen LogP contribution in [0.1, 0.15) is 40.4 Å². The number of nitrogens with zero attached hydrogens (tertiary/aromatic N) is 2. The molecule has 0 radical (unpaired) electrons. The Balaban J connectivity index is 1.51. The molecule has 6 nitrogen and oxygen atoms in total. The van der Waals surface area contributed by atoms with Crippen LogP contribution in [0.15, 0.2) is 52.1 Å². The standard InChI is InChI=1S/C23H25N3O3S/c1-15-6-9-20(13-16(15)2)22-25-26-23(29-22)30-14-21(28)19-10-7-18(8-11-19)5-4-12-24-17(3)27/h6-11,13H,4-5,12,14H2,1-3H3,(H,24,27). The fourth-order valence-electron chi connectivity index (χ4n) is 2.88. The first-order chi connectivity index (χ1) is 14.4. The first kappa shape index (κ1) is 21.8. The number of carbonyl (C=O) groups is 2. The van der Waals surface area contributed by atoms with Gasteiger partial charge in [0.25, 0.3) is 5.22 Å². The summed E-state index contributed by atoms with van der Waals surface area (Å²) in [5.41, 5.74) is 5.03. The van der Waals surface area contributed by atoms with Crippen LogP contribution < -0.4 is 5.32 Å². The van der Waals surface area contributed by atoms with Crippen molar-refractivity contribution in [3.8, 4) is 11.5 Å². The van der Waals surface area contributed by atoms with Crippen LogP contribution >= 0.6 is 11.8 Å². The van der Waals surface area contributed by atoms with Crippen molar-refractivity contribution in [3.05, 3.63) is 64.7 Å². The van der Waals surface area contributed by atoms with Crippen LogP contribution in [0, 0.1) is 13.8 Å². The molecule has 0 aliphatic carbocycles. The van der Waals surface area contributed by atoms with E-state index in [4.69, 9.17) is 4.42 Å². The van der Waals surface area contributed by atoms with Gasteiger partial charge < -0.3 is 9.73 Å². The van der Waals surface area contributed by atoms with Crippen molar-refractivity contribution in [2.24, 2.45) is 0 Å².